The van der Waals surface area contributed by atoms with Crippen molar-refractivity contribution in [1.29, 1.82) is 0 Å². The van der Waals surface area contributed by atoms with Crippen LogP contribution in [0, 0.1) is 0 Å². The zero-order chi connectivity index (χ0) is 17.8. The molecule has 0 atom stereocenters. The Labute approximate surface area is 159 Å². The normalized spacial score (nSPS) is 18.7. The molecule has 1 aromatic heterocycles. The minimum absolute atomic E-state index is 0.707. The highest BCUT2D eigenvalue weighted by atomic mass is 35.5. The van der Waals surface area contributed by atoms with Gasteiger partial charge in [-0.2, -0.15) is 0 Å². The van der Waals surface area contributed by atoms with Crippen molar-refractivity contribution in [2.24, 2.45) is 0 Å². The van der Waals surface area contributed by atoms with Crippen molar-refractivity contribution < 1.29 is 9.26 Å². The van der Waals surface area contributed by atoms with Gasteiger partial charge in [0.05, 0.1) is 0 Å². The second-order valence-corrected chi connectivity index (χ2v) is 7.59. The van der Waals surface area contributed by atoms with Crippen molar-refractivity contribution in [2.45, 2.75) is 32.2 Å². The first kappa shape index (κ1) is 17.8. The largest absolute Gasteiger partial charge is 0.492 e. The second kappa shape index (κ2) is 8.42. The summed E-state index contributed by atoms with van der Waals surface area (Å²) in [4.78, 5) is 4.95. The molecule has 0 unspecified atom stereocenters. The maximum Gasteiger partial charge on any atom is 0.140 e. The highest BCUT2D eigenvalue weighted by Gasteiger charge is 2.23. The Bertz CT molecular complexity index is 708. The first-order valence-electron chi connectivity index (χ1n) is 9.57. The average molecular weight is 376 g/mol. The Balaban J connectivity index is 1.19. The maximum absolute atomic E-state index is 5.89. The number of benzene rings is 1. The van der Waals surface area contributed by atoms with Crippen molar-refractivity contribution in [1.82, 2.24) is 15.0 Å². The van der Waals surface area contributed by atoms with Gasteiger partial charge in [0.15, 0.2) is 0 Å². The van der Waals surface area contributed by atoms with E-state index in [0.29, 0.717) is 6.61 Å². The van der Waals surface area contributed by atoms with Gasteiger partial charge in [0.2, 0.25) is 0 Å². The Morgan fingerprint density at radius 1 is 1.00 bits per heavy atom. The van der Waals surface area contributed by atoms with Crippen LogP contribution in [-0.2, 0) is 19.4 Å². The van der Waals surface area contributed by atoms with Crippen molar-refractivity contribution >= 4 is 11.6 Å². The lowest BCUT2D eigenvalue weighted by Gasteiger charge is -2.34. The maximum atomic E-state index is 5.89. The fourth-order valence-electron chi connectivity index (χ4n) is 3.78. The van der Waals surface area contributed by atoms with Gasteiger partial charge in [0.1, 0.15) is 23.8 Å². The molecule has 4 rings (SSSR count). The van der Waals surface area contributed by atoms with Gasteiger partial charge < -0.3 is 9.26 Å². The highest BCUT2D eigenvalue weighted by Crippen LogP contribution is 2.25. The molecule has 2 aliphatic rings. The van der Waals surface area contributed by atoms with Crippen molar-refractivity contribution in [2.75, 3.05) is 39.3 Å². The monoisotopic (exact) mass is 375 g/mol. The number of aryl methyl sites for hydroxylation is 1. The van der Waals surface area contributed by atoms with Gasteiger partial charge in [-0.15, -0.1) is 0 Å². The number of hydrogen-bond donors (Lipinski definition) is 0. The average Bonchev–Trinajstić information content (AvgIpc) is 3.08. The molecule has 1 fully saturated rings. The summed E-state index contributed by atoms with van der Waals surface area (Å²) < 4.78 is 11.3. The molecule has 0 radical (unpaired) electrons. The molecular formula is C20H26ClN3O2. The van der Waals surface area contributed by atoms with E-state index in [0.717, 1.165) is 68.6 Å². The molecule has 0 N–H and O–H groups in total. The lowest BCUT2D eigenvalue weighted by molar-refractivity contribution is 0.111. The number of ether oxygens (including phenoxy) is 1. The molecule has 1 aliphatic carbocycles. The van der Waals surface area contributed by atoms with Crippen LogP contribution >= 0.6 is 11.6 Å². The third-order valence-corrected chi connectivity index (χ3v) is 5.61. The topological polar surface area (TPSA) is 41.7 Å². The molecule has 26 heavy (non-hydrogen) atoms. The molecule has 0 amide bonds. The van der Waals surface area contributed by atoms with Crippen molar-refractivity contribution in [3.05, 3.63) is 46.3 Å². The van der Waals surface area contributed by atoms with Gasteiger partial charge in [-0.3, -0.25) is 9.80 Å². The van der Waals surface area contributed by atoms with Gasteiger partial charge in [0.25, 0.3) is 0 Å². The molecule has 2 aromatic rings. The number of halogens is 1. The van der Waals surface area contributed by atoms with Gasteiger partial charge in [0, 0.05) is 56.3 Å². The summed E-state index contributed by atoms with van der Waals surface area (Å²) in [5.74, 6) is 2.01. The number of aromatic nitrogens is 1. The molecule has 140 valence electrons. The highest BCUT2D eigenvalue weighted by molar-refractivity contribution is 6.30. The van der Waals surface area contributed by atoms with Crippen LogP contribution in [0.5, 0.6) is 5.75 Å². The first-order valence-corrected chi connectivity index (χ1v) is 9.95. The van der Waals surface area contributed by atoms with Crippen molar-refractivity contribution in [3.63, 3.8) is 0 Å². The summed E-state index contributed by atoms with van der Waals surface area (Å²) in [6.07, 6.45) is 4.70. The Morgan fingerprint density at radius 3 is 2.54 bits per heavy atom. The summed E-state index contributed by atoms with van der Waals surface area (Å²) in [5, 5.41) is 5.08. The molecule has 5 nitrogen and oxygen atoms in total. The van der Waals surface area contributed by atoms with Crippen LogP contribution in [0.15, 0.2) is 28.8 Å². The molecule has 1 saturated heterocycles. The van der Waals surface area contributed by atoms with Crippen LogP contribution in [0.25, 0.3) is 0 Å². The van der Waals surface area contributed by atoms with Gasteiger partial charge in [-0.1, -0.05) is 16.8 Å². The minimum atomic E-state index is 0.707. The van der Waals surface area contributed by atoms with E-state index in [1.54, 1.807) is 0 Å². The van der Waals surface area contributed by atoms with E-state index in [1.165, 1.54) is 24.1 Å². The lowest BCUT2D eigenvalue weighted by Crippen LogP contribution is -2.47. The predicted molar refractivity (Wildman–Crippen MR) is 102 cm³/mol. The van der Waals surface area contributed by atoms with E-state index in [-0.39, 0.29) is 0 Å². The number of fused-ring (bicyclic) bond motifs is 1. The zero-order valence-electron chi connectivity index (χ0n) is 15.1. The number of piperazine rings is 1. The molecule has 0 bridgehead atoms. The molecular weight excluding hydrogens is 350 g/mol. The summed E-state index contributed by atoms with van der Waals surface area (Å²) in [5.41, 5.74) is 2.55. The van der Waals surface area contributed by atoms with E-state index in [9.17, 15) is 0 Å². The van der Waals surface area contributed by atoms with Gasteiger partial charge in [-0.25, -0.2) is 0 Å². The fraction of sp³-hybridized carbons (Fsp3) is 0.550. The second-order valence-electron chi connectivity index (χ2n) is 7.16. The molecule has 6 heteroatoms. The number of rotatable bonds is 6. The fourth-order valence-corrected chi connectivity index (χ4v) is 3.91. The lowest BCUT2D eigenvalue weighted by atomic mass is 9.96. The van der Waals surface area contributed by atoms with Crippen LogP contribution in [0.1, 0.15) is 29.9 Å². The molecule has 1 aliphatic heterocycles. The van der Waals surface area contributed by atoms with E-state index >= 15 is 0 Å². The van der Waals surface area contributed by atoms with Gasteiger partial charge >= 0.3 is 0 Å². The van der Waals surface area contributed by atoms with Crippen LogP contribution in [0.3, 0.4) is 0 Å². The summed E-state index contributed by atoms with van der Waals surface area (Å²) in [7, 11) is 0. The SMILES string of the molecule is Clc1ccc(OCCN2CCN(Cc3noc4c3CCCC4)CC2)cc1. The predicted octanol–water partition coefficient (Wildman–Crippen LogP) is 3.40. The van der Waals surface area contributed by atoms with E-state index in [2.05, 4.69) is 15.0 Å². The molecule has 1 aromatic carbocycles. The summed E-state index contributed by atoms with van der Waals surface area (Å²) >= 11 is 5.89. The Hall–Kier alpha value is -1.56. The first-order chi connectivity index (χ1) is 12.8. The summed E-state index contributed by atoms with van der Waals surface area (Å²) in [6.45, 7) is 6.88. The van der Waals surface area contributed by atoms with E-state index in [1.807, 2.05) is 24.3 Å². The zero-order valence-corrected chi connectivity index (χ0v) is 15.9. The van der Waals surface area contributed by atoms with Crippen LogP contribution in [0.2, 0.25) is 5.02 Å². The molecule has 0 saturated carbocycles. The van der Waals surface area contributed by atoms with Crippen LogP contribution < -0.4 is 4.74 Å². The van der Waals surface area contributed by atoms with Crippen LogP contribution in [0.4, 0.5) is 0 Å². The van der Waals surface area contributed by atoms with Gasteiger partial charge in [-0.05, 0) is 43.5 Å². The Kier molecular flexibility index (Phi) is 5.78. The van der Waals surface area contributed by atoms with Crippen molar-refractivity contribution in [3.8, 4) is 5.75 Å². The van der Waals surface area contributed by atoms with Crippen LogP contribution in [-0.4, -0.2) is 54.3 Å². The summed E-state index contributed by atoms with van der Waals surface area (Å²) in [6, 6.07) is 7.55. The standard InChI is InChI=1S/C20H26ClN3O2/c21-16-5-7-17(8-6-16)25-14-13-23-9-11-24(12-10-23)15-19-18-3-1-2-4-20(18)26-22-19/h5-8H,1-4,9-15H2. The third kappa shape index (κ3) is 4.40. The minimum Gasteiger partial charge on any atom is -0.492 e. The molecule has 2 heterocycles. The van der Waals surface area contributed by atoms with E-state index < -0.39 is 0 Å². The molecule has 0 spiro atoms. The Morgan fingerprint density at radius 2 is 1.73 bits per heavy atom. The number of nitrogens with zero attached hydrogens (tertiary/aromatic N) is 3. The number of hydrogen-bond acceptors (Lipinski definition) is 5. The quantitative estimate of drug-likeness (QED) is 0.774. The van der Waals surface area contributed by atoms with E-state index in [4.69, 9.17) is 20.9 Å². The third-order valence-electron chi connectivity index (χ3n) is 5.36. The smallest absolute Gasteiger partial charge is 0.140 e.